The van der Waals surface area contributed by atoms with E-state index in [2.05, 4.69) is 46.7 Å². The normalized spacial score (nSPS) is 28.5. The predicted molar refractivity (Wildman–Crippen MR) is 110 cm³/mol. The summed E-state index contributed by atoms with van der Waals surface area (Å²) < 4.78 is 5.95. The van der Waals surface area contributed by atoms with Crippen molar-refractivity contribution in [2.24, 2.45) is 4.99 Å². The molecule has 2 N–H and O–H groups in total. The Labute approximate surface area is 163 Å². The first kappa shape index (κ1) is 18.8. The van der Waals surface area contributed by atoms with Gasteiger partial charge in [-0.15, -0.1) is 0 Å². The first-order valence-corrected chi connectivity index (χ1v) is 10.8. The number of hydrogen-bond donors (Lipinski definition) is 2. The van der Waals surface area contributed by atoms with Crippen molar-refractivity contribution in [3.05, 3.63) is 35.4 Å². The molecule has 3 fully saturated rings. The number of rotatable bonds is 6. The molecule has 1 aromatic carbocycles. The lowest BCUT2D eigenvalue weighted by atomic mass is 9.96. The molecule has 5 heteroatoms. The summed E-state index contributed by atoms with van der Waals surface area (Å²) in [6, 6.07) is 9.40. The summed E-state index contributed by atoms with van der Waals surface area (Å²) in [6.45, 7) is 7.28. The number of nitrogens with one attached hydrogen (secondary N) is 2. The van der Waals surface area contributed by atoms with Crippen molar-refractivity contribution in [3.8, 4) is 0 Å². The van der Waals surface area contributed by atoms with E-state index in [9.17, 15) is 0 Å². The van der Waals surface area contributed by atoms with E-state index in [-0.39, 0.29) is 0 Å². The van der Waals surface area contributed by atoms with Gasteiger partial charge in [0.1, 0.15) is 0 Å². The lowest BCUT2D eigenvalue weighted by molar-refractivity contribution is 0.0992. The molecular weight excluding hydrogens is 336 g/mol. The van der Waals surface area contributed by atoms with Gasteiger partial charge in [0.25, 0.3) is 0 Å². The van der Waals surface area contributed by atoms with Crippen LogP contribution in [0.15, 0.2) is 29.3 Å². The zero-order valence-electron chi connectivity index (χ0n) is 16.6. The Morgan fingerprint density at radius 3 is 2.56 bits per heavy atom. The number of likely N-dealkylation sites (tertiary alicyclic amines) is 1. The molecule has 3 unspecified atom stereocenters. The Kier molecular flexibility index (Phi) is 6.30. The van der Waals surface area contributed by atoms with E-state index in [4.69, 9.17) is 9.73 Å². The molecule has 0 spiro atoms. The van der Waals surface area contributed by atoms with Gasteiger partial charge in [-0.25, -0.2) is 4.99 Å². The maximum Gasteiger partial charge on any atom is 0.191 e. The number of guanidine groups is 1. The van der Waals surface area contributed by atoms with Crippen LogP contribution in [0.2, 0.25) is 0 Å². The van der Waals surface area contributed by atoms with Gasteiger partial charge in [0.2, 0.25) is 0 Å². The monoisotopic (exact) mass is 370 g/mol. The molecule has 5 nitrogen and oxygen atoms in total. The largest absolute Gasteiger partial charge is 0.373 e. The molecule has 0 saturated carbocycles. The topological polar surface area (TPSA) is 48.9 Å². The Bertz CT molecular complexity index is 624. The highest BCUT2D eigenvalue weighted by molar-refractivity contribution is 5.80. The highest BCUT2D eigenvalue weighted by Crippen LogP contribution is 2.34. The van der Waals surface area contributed by atoms with Crippen LogP contribution in [0, 0.1) is 0 Å². The quantitative estimate of drug-likeness (QED) is 0.597. The van der Waals surface area contributed by atoms with Gasteiger partial charge in [-0.1, -0.05) is 30.7 Å². The van der Waals surface area contributed by atoms with Gasteiger partial charge < -0.3 is 15.4 Å². The fraction of sp³-hybridized carbons (Fsp3) is 0.682. The minimum atomic E-state index is 0.368. The Morgan fingerprint density at radius 1 is 1.11 bits per heavy atom. The van der Waals surface area contributed by atoms with Crippen molar-refractivity contribution in [2.45, 2.75) is 76.8 Å². The molecule has 2 bridgehead atoms. The van der Waals surface area contributed by atoms with Crippen molar-refractivity contribution in [1.82, 2.24) is 15.5 Å². The first-order chi connectivity index (χ1) is 13.3. The highest BCUT2D eigenvalue weighted by Gasteiger charge is 2.41. The van der Waals surface area contributed by atoms with Crippen LogP contribution in [0.5, 0.6) is 0 Å². The molecule has 0 aliphatic carbocycles. The lowest BCUT2D eigenvalue weighted by Crippen LogP contribution is -2.47. The van der Waals surface area contributed by atoms with Crippen LogP contribution in [0.4, 0.5) is 0 Å². The Morgan fingerprint density at radius 2 is 1.89 bits per heavy atom. The molecule has 148 valence electrons. The van der Waals surface area contributed by atoms with Crippen molar-refractivity contribution < 1.29 is 4.74 Å². The van der Waals surface area contributed by atoms with Gasteiger partial charge >= 0.3 is 0 Å². The number of nitrogens with zero attached hydrogens (tertiary/aromatic N) is 2. The maximum absolute atomic E-state index is 5.95. The average molecular weight is 371 g/mol. The van der Waals surface area contributed by atoms with Crippen LogP contribution in [-0.2, 0) is 17.8 Å². The van der Waals surface area contributed by atoms with E-state index in [1.807, 2.05) is 0 Å². The summed E-state index contributed by atoms with van der Waals surface area (Å²) in [5, 5.41) is 6.97. The van der Waals surface area contributed by atoms with Gasteiger partial charge in [0, 0.05) is 13.1 Å². The first-order valence-electron chi connectivity index (χ1n) is 10.8. The van der Waals surface area contributed by atoms with Crippen LogP contribution < -0.4 is 10.6 Å². The minimum Gasteiger partial charge on any atom is -0.373 e. The van der Waals surface area contributed by atoms with Crippen molar-refractivity contribution >= 4 is 5.96 Å². The van der Waals surface area contributed by atoms with Crippen LogP contribution in [0.3, 0.4) is 0 Å². The van der Waals surface area contributed by atoms with Crippen LogP contribution in [-0.4, -0.2) is 48.7 Å². The molecule has 4 rings (SSSR count). The molecule has 1 aromatic rings. The summed E-state index contributed by atoms with van der Waals surface area (Å²) in [6.07, 6.45) is 8.43. The van der Waals surface area contributed by atoms with E-state index in [0.717, 1.165) is 25.5 Å². The number of hydrogen-bond acceptors (Lipinski definition) is 3. The highest BCUT2D eigenvalue weighted by atomic mass is 16.5. The lowest BCUT2D eigenvalue weighted by Gasteiger charge is -2.26. The second-order valence-electron chi connectivity index (χ2n) is 8.21. The standard InChI is InChI=1S/C22H34N4O/c1-2-23-22(25-20-14-19-10-11-21(20)27-19)24-15-17-6-8-18(9-7-17)16-26-12-4-3-5-13-26/h6-9,19-21H,2-5,10-16H2,1H3,(H2,23,24,25). The molecule has 0 amide bonds. The molecule has 3 aliphatic rings. The van der Waals surface area contributed by atoms with E-state index >= 15 is 0 Å². The van der Waals surface area contributed by atoms with Crippen molar-refractivity contribution in [2.75, 3.05) is 19.6 Å². The van der Waals surface area contributed by atoms with E-state index in [0.29, 0.717) is 24.8 Å². The van der Waals surface area contributed by atoms with Crippen molar-refractivity contribution in [3.63, 3.8) is 0 Å². The summed E-state index contributed by atoms with van der Waals surface area (Å²) in [4.78, 5) is 7.38. The van der Waals surface area contributed by atoms with E-state index in [1.54, 1.807) is 0 Å². The Hall–Kier alpha value is -1.59. The van der Waals surface area contributed by atoms with E-state index in [1.165, 1.54) is 56.3 Å². The van der Waals surface area contributed by atoms with Gasteiger partial charge in [-0.3, -0.25) is 4.90 Å². The van der Waals surface area contributed by atoms with Crippen LogP contribution in [0.1, 0.15) is 56.6 Å². The molecular formula is C22H34N4O. The van der Waals surface area contributed by atoms with Crippen LogP contribution >= 0.6 is 0 Å². The average Bonchev–Trinajstić information content (AvgIpc) is 3.31. The third kappa shape index (κ3) is 5.02. The number of aliphatic imine (C=N–C) groups is 1. The summed E-state index contributed by atoms with van der Waals surface area (Å²) in [5.74, 6) is 0.913. The van der Waals surface area contributed by atoms with Gasteiger partial charge in [-0.2, -0.15) is 0 Å². The number of piperidine rings is 1. The molecule has 3 heterocycles. The second kappa shape index (κ2) is 9.07. The van der Waals surface area contributed by atoms with Gasteiger partial charge in [0.15, 0.2) is 5.96 Å². The summed E-state index contributed by atoms with van der Waals surface area (Å²) in [7, 11) is 0. The smallest absolute Gasteiger partial charge is 0.191 e. The third-order valence-electron chi connectivity index (χ3n) is 6.07. The van der Waals surface area contributed by atoms with E-state index < -0.39 is 0 Å². The fourth-order valence-corrected chi connectivity index (χ4v) is 4.58. The third-order valence-corrected chi connectivity index (χ3v) is 6.07. The number of fused-ring (bicyclic) bond motifs is 2. The molecule has 27 heavy (non-hydrogen) atoms. The van der Waals surface area contributed by atoms with Gasteiger partial charge in [-0.05, 0) is 63.2 Å². The minimum absolute atomic E-state index is 0.368. The predicted octanol–water partition coefficient (Wildman–Crippen LogP) is 3.05. The molecule has 3 aliphatic heterocycles. The van der Waals surface area contributed by atoms with Crippen LogP contribution in [0.25, 0.3) is 0 Å². The molecule has 0 radical (unpaired) electrons. The zero-order chi connectivity index (χ0) is 18.5. The molecule has 0 aromatic heterocycles. The zero-order valence-corrected chi connectivity index (χ0v) is 16.6. The summed E-state index contributed by atoms with van der Waals surface area (Å²) in [5.41, 5.74) is 2.67. The molecule has 3 atom stereocenters. The maximum atomic E-state index is 5.95. The number of ether oxygens (including phenoxy) is 1. The summed E-state index contributed by atoms with van der Waals surface area (Å²) >= 11 is 0. The SMILES string of the molecule is CCNC(=NCc1ccc(CN2CCCCC2)cc1)NC1CC2CCC1O2. The molecule has 3 saturated heterocycles. The van der Waals surface area contributed by atoms with Crippen molar-refractivity contribution in [1.29, 1.82) is 0 Å². The fourth-order valence-electron chi connectivity index (χ4n) is 4.58. The Balaban J connectivity index is 1.30. The second-order valence-corrected chi connectivity index (χ2v) is 8.21. The van der Waals surface area contributed by atoms with Gasteiger partial charge in [0.05, 0.1) is 24.8 Å². The number of benzene rings is 1.